The SMILES string of the molecule is CC(C)[C@H](C)/C=C\S(C)(=O)=O. The van der Waals surface area contributed by atoms with Gasteiger partial charge < -0.3 is 0 Å². The van der Waals surface area contributed by atoms with E-state index in [2.05, 4.69) is 13.8 Å². The topological polar surface area (TPSA) is 34.1 Å². The Morgan fingerprint density at radius 2 is 1.64 bits per heavy atom. The Balaban J connectivity index is 4.15. The molecule has 1 atom stereocenters. The van der Waals surface area contributed by atoms with Crippen LogP contribution in [0, 0.1) is 11.8 Å². The predicted molar refractivity (Wildman–Crippen MR) is 48.0 cm³/mol. The number of allylic oxidation sites excluding steroid dienone is 1. The van der Waals surface area contributed by atoms with E-state index in [0.717, 1.165) is 0 Å². The second-order valence-electron chi connectivity index (χ2n) is 3.26. The van der Waals surface area contributed by atoms with Crippen molar-refractivity contribution in [3.63, 3.8) is 0 Å². The summed E-state index contributed by atoms with van der Waals surface area (Å²) in [4.78, 5) is 0. The first-order valence-electron chi connectivity index (χ1n) is 3.71. The van der Waals surface area contributed by atoms with Gasteiger partial charge in [0.25, 0.3) is 0 Å². The highest BCUT2D eigenvalue weighted by molar-refractivity contribution is 7.93. The predicted octanol–water partition coefficient (Wildman–Crippen LogP) is 1.84. The molecule has 11 heavy (non-hydrogen) atoms. The quantitative estimate of drug-likeness (QED) is 0.657. The lowest BCUT2D eigenvalue weighted by molar-refractivity contribution is 0.504. The number of hydrogen-bond donors (Lipinski definition) is 0. The van der Waals surface area contributed by atoms with Gasteiger partial charge in [0.15, 0.2) is 9.84 Å². The number of rotatable bonds is 3. The van der Waals surface area contributed by atoms with Crippen LogP contribution in [0.2, 0.25) is 0 Å². The Bertz CT molecular complexity index is 224. The van der Waals surface area contributed by atoms with E-state index in [1.165, 1.54) is 11.7 Å². The van der Waals surface area contributed by atoms with Crippen LogP contribution in [0.25, 0.3) is 0 Å². The molecule has 0 saturated heterocycles. The van der Waals surface area contributed by atoms with E-state index in [0.29, 0.717) is 11.8 Å². The summed E-state index contributed by atoms with van der Waals surface area (Å²) in [6, 6.07) is 0. The molecule has 0 spiro atoms. The Labute approximate surface area is 69.2 Å². The van der Waals surface area contributed by atoms with Gasteiger partial charge in [-0.15, -0.1) is 0 Å². The molecule has 0 aromatic carbocycles. The lowest BCUT2D eigenvalue weighted by Gasteiger charge is -2.08. The Hall–Kier alpha value is -0.310. The molecule has 0 N–H and O–H groups in total. The number of hydrogen-bond acceptors (Lipinski definition) is 2. The third-order valence-corrected chi connectivity index (χ3v) is 2.33. The van der Waals surface area contributed by atoms with Gasteiger partial charge in [-0.05, 0) is 11.8 Å². The van der Waals surface area contributed by atoms with E-state index in [4.69, 9.17) is 0 Å². The smallest absolute Gasteiger partial charge is 0.168 e. The molecule has 0 saturated carbocycles. The molecular weight excluding hydrogens is 160 g/mol. The van der Waals surface area contributed by atoms with Crippen molar-refractivity contribution < 1.29 is 8.42 Å². The van der Waals surface area contributed by atoms with E-state index in [1.54, 1.807) is 6.08 Å². The van der Waals surface area contributed by atoms with Gasteiger partial charge in [-0.25, -0.2) is 8.42 Å². The highest BCUT2D eigenvalue weighted by atomic mass is 32.2. The fourth-order valence-corrected chi connectivity index (χ4v) is 1.02. The second kappa shape index (κ2) is 3.90. The lowest BCUT2D eigenvalue weighted by atomic mass is 9.99. The summed E-state index contributed by atoms with van der Waals surface area (Å²) in [6.07, 6.45) is 2.94. The molecule has 0 radical (unpaired) electrons. The molecule has 0 amide bonds. The molecule has 0 unspecified atom stereocenters. The van der Waals surface area contributed by atoms with E-state index >= 15 is 0 Å². The van der Waals surface area contributed by atoms with Gasteiger partial charge in [0.1, 0.15) is 0 Å². The van der Waals surface area contributed by atoms with E-state index in [-0.39, 0.29) is 0 Å². The van der Waals surface area contributed by atoms with E-state index < -0.39 is 9.84 Å². The second-order valence-corrected chi connectivity index (χ2v) is 5.19. The van der Waals surface area contributed by atoms with Crippen LogP contribution in [-0.2, 0) is 9.84 Å². The van der Waals surface area contributed by atoms with Gasteiger partial charge in [-0.1, -0.05) is 26.8 Å². The maximum atomic E-state index is 10.7. The van der Waals surface area contributed by atoms with Crippen molar-refractivity contribution in [1.29, 1.82) is 0 Å². The van der Waals surface area contributed by atoms with Crippen LogP contribution in [0.4, 0.5) is 0 Å². The maximum absolute atomic E-state index is 10.7. The minimum Gasteiger partial charge on any atom is -0.225 e. The van der Waals surface area contributed by atoms with E-state index in [9.17, 15) is 8.42 Å². The molecule has 0 fully saturated rings. The van der Waals surface area contributed by atoms with Crippen LogP contribution in [0.3, 0.4) is 0 Å². The van der Waals surface area contributed by atoms with Crippen molar-refractivity contribution in [1.82, 2.24) is 0 Å². The Morgan fingerprint density at radius 1 is 1.18 bits per heavy atom. The molecule has 0 aromatic rings. The highest BCUT2D eigenvalue weighted by Crippen LogP contribution is 2.11. The first-order valence-corrected chi connectivity index (χ1v) is 5.66. The zero-order valence-corrected chi connectivity index (χ0v) is 8.35. The third-order valence-electron chi connectivity index (χ3n) is 1.68. The van der Waals surface area contributed by atoms with Crippen LogP contribution in [-0.4, -0.2) is 14.7 Å². The summed E-state index contributed by atoms with van der Waals surface area (Å²) in [5.41, 5.74) is 0. The van der Waals surface area contributed by atoms with Crippen molar-refractivity contribution in [3.8, 4) is 0 Å². The molecule has 0 aliphatic carbocycles. The van der Waals surface area contributed by atoms with Crippen molar-refractivity contribution in [2.24, 2.45) is 11.8 Å². The molecule has 0 bridgehead atoms. The minimum absolute atomic E-state index is 0.324. The largest absolute Gasteiger partial charge is 0.225 e. The van der Waals surface area contributed by atoms with Crippen LogP contribution < -0.4 is 0 Å². The fourth-order valence-electron chi connectivity index (χ4n) is 0.489. The summed E-state index contributed by atoms with van der Waals surface area (Å²) in [5, 5.41) is 1.28. The molecule has 0 aliphatic rings. The van der Waals surface area contributed by atoms with Crippen LogP contribution in [0.1, 0.15) is 20.8 Å². The normalized spacial score (nSPS) is 16.1. The van der Waals surface area contributed by atoms with Crippen molar-refractivity contribution in [3.05, 3.63) is 11.5 Å². The standard InChI is InChI=1S/C8H16O2S/c1-7(2)8(3)5-6-11(4,9)10/h5-8H,1-4H3/b6-5-/t8-/m1/s1. The van der Waals surface area contributed by atoms with Crippen LogP contribution >= 0.6 is 0 Å². The third kappa shape index (κ3) is 6.10. The fraction of sp³-hybridized carbons (Fsp3) is 0.750. The lowest BCUT2D eigenvalue weighted by Crippen LogP contribution is -2.00. The summed E-state index contributed by atoms with van der Waals surface area (Å²) >= 11 is 0. The molecule has 2 nitrogen and oxygen atoms in total. The van der Waals surface area contributed by atoms with Gasteiger partial charge >= 0.3 is 0 Å². The summed E-state index contributed by atoms with van der Waals surface area (Å²) in [7, 11) is -2.93. The number of sulfone groups is 1. The van der Waals surface area contributed by atoms with Crippen molar-refractivity contribution >= 4 is 9.84 Å². The average molecular weight is 176 g/mol. The summed E-state index contributed by atoms with van der Waals surface area (Å²) in [5.74, 6) is 0.817. The highest BCUT2D eigenvalue weighted by Gasteiger charge is 2.03. The summed E-state index contributed by atoms with van der Waals surface area (Å²) < 4.78 is 21.3. The first kappa shape index (κ1) is 10.7. The molecule has 0 aromatic heterocycles. The molecule has 3 heteroatoms. The first-order chi connectivity index (χ1) is 4.83. The molecule has 0 heterocycles. The van der Waals surface area contributed by atoms with Gasteiger partial charge in [0, 0.05) is 11.7 Å². The van der Waals surface area contributed by atoms with Gasteiger partial charge in [-0.2, -0.15) is 0 Å². The molecular formula is C8H16O2S. The monoisotopic (exact) mass is 176 g/mol. The van der Waals surface area contributed by atoms with Crippen molar-refractivity contribution in [2.75, 3.05) is 6.26 Å². The zero-order valence-electron chi connectivity index (χ0n) is 7.53. The maximum Gasteiger partial charge on any atom is 0.168 e. The van der Waals surface area contributed by atoms with E-state index in [1.807, 2.05) is 6.92 Å². The molecule has 0 rings (SSSR count). The zero-order chi connectivity index (χ0) is 9.07. The van der Waals surface area contributed by atoms with Gasteiger partial charge in [0.05, 0.1) is 0 Å². The molecule has 0 aliphatic heterocycles. The van der Waals surface area contributed by atoms with Gasteiger partial charge in [-0.3, -0.25) is 0 Å². The summed E-state index contributed by atoms with van der Waals surface area (Å²) in [6.45, 7) is 6.14. The van der Waals surface area contributed by atoms with Crippen LogP contribution in [0.15, 0.2) is 11.5 Å². The average Bonchev–Trinajstić information content (AvgIpc) is 1.80. The molecule has 66 valence electrons. The Morgan fingerprint density at radius 3 is 1.91 bits per heavy atom. The van der Waals surface area contributed by atoms with Gasteiger partial charge in [0.2, 0.25) is 0 Å². The van der Waals surface area contributed by atoms with Crippen molar-refractivity contribution in [2.45, 2.75) is 20.8 Å². The Kier molecular flexibility index (Phi) is 3.79. The minimum atomic E-state index is -2.93. The van der Waals surface area contributed by atoms with Crippen LogP contribution in [0.5, 0.6) is 0 Å².